The van der Waals surface area contributed by atoms with Gasteiger partial charge in [-0.25, -0.2) is 22.0 Å². The number of rotatable bonds is 21. The van der Waals surface area contributed by atoms with E-state index in [4.69, 9.17) is 14.2 Å². The third-order valence-corrected chi connectivity index (χ3v) is 9.10. The molecule has 0 aromatic heterocycles. The van der Waals surface area contributed by atoms with Crippen LogP contribution in [0.5, 0.6) is 23.0 Å². The maximum atomic E-state index is 14.8. The second kappa shape index (κ2) is 20.8. The van der Waals surface area contributed by atoms with Gasteiger partial charge < -0.3 is 19.3 Å². The van der Waals surface area contributed by atoms with Gasteiger partial charge in [0.1, 0.15) is 0 Å². The normalized spacial score (nSPS) is 11.8. The molecule has 0 bridgehead atoms. The summed E-state index contributed by atoms with van der Waals surface area (Å²) in [6.45, 7) is 1.43. The lowest BCUT2D eigenvalue weighted by Gasteiger charge is -2.15. The summed E-state index contributed by atoms with van der Waals surface area (Å²) < 4.78 is 171. The van der Waals surface area contributed by atoms with E-state index in [1.54, 1.807) is 6.92 Å². The molecular formula is C41H39F11O4. The Kier molecular flexibility index (Phi) is 16.3. The molecule has 4 aromatic carbocycles. The molecule has 0 radical (unpaired) electrons. The topological polar surface area (TPSA) is 47.9 Å². The van der Waals surface area contributed by atoms with Crippen LogP contribution in [0.4, 0.5) is 48.3 Å². The van der Waals surface area contributed by atoms with Crippen molar-refractivity contribution < 1.29 is 67.6 Å². The minimum absolute atomic E-state index is 0.0339. The molecule has 0 aliphatic heterocycles. The van der Waals surface area contributed by atoms with E-state index in [9.17, 15) is 53.4 Å². The molecule has 15 heteroatoms. The van der Waals surface area contributed by atoms with Gasteiger partial charge in [0.2, 0.25) is 23.3 Å². The Hall–Kier alpha value is -4.95. The summed E-state index contributed by atoms with van der Waals surface area (Å²) in [6.07, 6.45) is -2.50. The molecule has 0 spiro atoms. The Morgan fingerprint density at radius 1 is 0.482 bits per heavy atom. The van der Waals surface area contributed by atoms with Crippen LogP contribution >= 0.6 is 0 Å². The van der Waals surface area contributed by atoms with Gasteiger partial charge in [0, 0.05) is 5.92 Å². The van der Waals surface area contributed by atoms with Crippen LogP contribution < -0.4 is 14.2 Å². The fraction of sp³-hybridized carbons (Fsp3) is 0.366. The van der Waals surface area contributed by atoms with Crippen LogP contribution in [0.25, 0.3) is 0 Å². The van der Waals surface area contributed by atoms with Crippen molar-refractivity contribution in [2.75, 3.05) is 19.8 Å². The van der Waals surface area contributed by atoms with Crippen molar-refractivity contribution in [3.05, 3.63) is 129 Å². The van der Waals surface area contributed by atoms with Gasteiger partial charge in [-0.15, -0.1) is 0 Å². The van der Waals surface area contributed by atoms with E-state index in [2.05, 4.69) is 0 Å². The molecule has 1 unspecified atom stereocenters. The van der Waals surface area contributed by atoms with Crippen molar-refractivity contribution in [3.63, 3.8) is 0 Å². The molecule has 0 saturated carbocycles. The zero-order valence-electron chi connectivity index (χ0n) is 30.2. The molecule has 0 fully saturated rings. The van der Waals surface area contributed by atoms with E-state index in [1.807, 2.05) is 0 Å². The number of phenols is 1. The van der Waals surface area contributed by atoms with Gasteiger partial charge in [0.15, 0.2) is 52.1 Å². The molecular weight excluding hydrogens is 765 g/mol. The fourth-order valence-electron chi connectivity index (χ4n) is 6.00. The lowest BCUT2D eigenvalue weighted by Crippen LogP contribution is -2.08. The number of hydrogen-bond acceptors (Lipinski definition) is 4. The molecule has 0 heterocycles. The van der Waals surface area contributed by atoms with E-state index >= 15 is 0 Å². The van der Waals surface area contributed by atoms with Crippen molar-refractivity contribution in [2.24, 2.45) is 5.92 Å². The highest BCUT2D eigenvalue weighted by molar-refractivity contribution is 5.35. The maximum absolute atomic E-state index is 14.8. The Bertz CT molecular complexity index is 1980. The summed E-state index contributed by atoms with van der Waals surface area (Å²) in [5.74, 6) is -14.9. The van der Waals surface area contributed by atoms with Crippen molar-refractivity contribution in [1.29, 1.82) is 0 Å². The van der Waals surface area contributed by atoms with E-state index in [0.717, 1.165) is 18.2 Å². The van der Waals surface area contributed by atoms with Gasteiger partial charge in [-0.05, 0) is 118 Å². The standard InChI is InChI=1S/C41H39F11O4/c1-2-54-29-18-14-25(33(43)38(29)48)11-12-27-16-20-31(40(50)35(27)45)56-22-6-4-8-23(36(46)41(51)52)7-3-5-21-55-30-19-15-26(34(44)39(30)49)10-9-24-13-17-28(53)37(47)32(24)42/h13-20,23,53H,2-12,21-22H2,1H3. The van der Waals surface area contributed by atoms with Gasteiger partial charge in [0.05, 0.1) is 19.8 Å². The first kappa shape index (κ1) is 43.8. The van der Waals surface area contributed by atoms with Crippen LogP contribution in [0.1, 0.15) is 67.7 Å². The summed E-state index contributed by atoms with van der Waals surface area (Å²) >= 11 is 0. The van der Waals surface area contributed by atoms with Crippen LogP contribution in [0.2, 0.25) is 0 Å². The molecule has 56 heavy (non-hydrogen) atoms. The minimum Gasteiger partial charge on any atom is -0.505 e. The Morgan fingerprint density at radius 2 is 0.839 bits per heavy atom. The summed E-state index contributed by atoms with van der Waals surface area (Å²) in [7, 11) is 0. The van der Waals surface area contributed by atoms with Crippen LogP contribution in [0.15, 0.2) is 60.4 Å². The number of halogens is 11. The predicted octanol–water partition coefficient (Wildman–Crippen LogP) is 12.0. The first-order chi connectivity index (χ1) is 26.7. The van der Waals surface area contributed by atoms with Crippen LogP contribution in [0, 0.1) is 52.5 Å². The molecule has 0 saturated heterocycles. The molecule has 1 atom stereocenters. The van der Waals surface area contributed by atoms with Crippen LogP contribution in [0.3, 0.4) is 0 Å². The van der Waals surface area contributed by atoms with Crippen LogP contribution in [-0.2, 0) is 25.7 Å². The number of phenolic OH excluding ortho intramolecular Hbond substituents is 1. The molecule has 0 amide bonds. The van der Waals surface area contributed by atoms with Gasteiger partial charge in [-0.2, -0.15) is 26.3 Å². The first-order valence-corrected chi connectivity index (χ1v) is 17.9. The van der Waals surface area contributed by atoms with E-state index in [0.29, 0.717) is 0 Å². The lowest BCUT2D eigenvalue weighted by molar-refractivity contribution is 0.264. The number of benzene rings is 4. The lowest BCUT2D eigenvalue weighted by atomic mass is 9.95. The predicted molar refractivity (Wildman–Crippen MR) is 186 cm³/mol. The van der Waals surface area contributed by atoms with E-state index < -0.39 is 81.6 Å². The summed E-state index contributed by atoms with van der Waals surface area (Å²) in [4.78, 5) is 0. The van der Waals surface area contributed by atoms with Gasteiger partial charge in [-0.1, -0.05) is 24.3 Å². The highest BCUT2D eigenvalue weighted by Crippen LogP contribution is 2.31. The van der Waals surface area contributed by atoms with Crippen molar-refractivity contribution >= 4 is 0 Å². The van der Waals surface area contributed by atoms with Crippen molar-refractivity contribution in [1.82, 2.24) is 0 Å². The van der Waals surface area contributed by atoms with Gasteiger partial charge in [-0.3, -0.25) is 0 Å². The average molecular weight is 805 g/mol. The van der Waals surface area contributed by atoms with Crippen molar-refractivity contribution in [3.8, 4) is 23.0 Å². The highest BCUT2D eigenvalue weighted by atomic mass is 19.3. The second-order valence-corrected chi connectivity index (χ2v) is 12.9. The third-order valence-electron chi connectivity index (χ3n) is 9.10. The third kappa shape index (κ3) is 11.3. The van der Waals surface area contributed by atoms with Gasteiger partial charge >= 0.3 is 6.08 Å². The summed E-state index contributed by atoms with van der Waals surface area (Å²) in [5.41, 5.74) is -0.422. The van der Waals surface area contributed by atoms with Gasteiger partial charge in [0.25, 0.3) is 0 Å². The molecule has 0 aliphatic rings. The Balaban J connectivity index is 1.20. The molecule has 4 aromatic rings. The number of aryl methyl sites for hydroxylation is 4. The molecule has 304 valence electrons. The van der Waals surface area contributed by atoms with E-state index in [1.165, 1.54) is 30.3 Å². The molecule has 4 rings (SSSR count). The smallest absolute Gasteiger partial charge is 0.301 e. The summed E-state index contributed by atoms with van der Waals surface area (Å²) in [6, 6.07) is 9.41. The molecule has 0 aliphatic carbocycles. The quantitative estimate of drug-likeness (QED) is 0.0673. The summed E-state index contributed by atoms with van der Waals surface area (Å²) in [5, 5.41) is 9.23. The average Bonchev–Trinajstić information content (AvgIpc) is 3.18. The van der Waals surface area contributed by atoms with Crippen LogP contribution in [-0.4, -0.2) is 24.9 Å². The SMILES string of the molecule is CCOc1ccc(CCc2ccc(OCCCCC(CCCCOc3ccc(CCc4ccc(O)c(F)c4F)c(F)c3F)C(F)=C(F)F)c(F)c2F)c(F)c1F. The minimum atomic E-state index is -2.48. The highest BCUT2D eigenvalue weighted by Gasteiger charge is 2.22. The Morgan fingerprint density at radius 3 is 1.21 bits per heavy atom. The number of unbranched alkanes of at least 4 members (excludes halogenated alkanes) is 2. The number of aromatic hydroxyl groups is 1. The molecule has 4 nitrogen and oxygen atoms in total. The Labute approximate surface area is 316 Å². The fourth-order valence-corrected chi connectivity index (χ4v) is 6.00. The maximum Gasteiger partial charge on any atom is 0.301 e. The number of ether oxygens (including phenoxy) is 3. The number of allylic oxidation sites excluding steroid dienone is 1. The zero-order chi connectivity index (χ0) is 40.9. The van der Waals surface area contributed by atoms with Crippen molar-refractivity contribution in [2.45, 2.75) is 71.1 Å². The monoisotopic (exact) mass is 804 g/mol. The van der Waals surface area contributed by atoms with E-state index in [-0.39, 0.29) is 112 Å². The largest absolute Gasteiger partial charge is 0.505 e. The second-order valence-electron chi connectivity index (χ2n) is 12.9. The first-order valence-electron chi connectivity index (χ1n) is 17.9. The zero-order valence-corrected chi connectivity index (χ0v) is 30.2. The molecule has 1 N–H and O–H groups in total. The number of hydrogen-bond donors (Lipinski definition) is 1.